The molecule has 4 heteroatoms. The Bertz CT molecular complexity index is 479. The monoisotopic (exact) mass is 257 g/mol. The van der Waals surface area contributed by atoms with Crippen LogP contribution in [0.2, 0.25) is 0 Å². The maximum Gasteiger partial charge on any atom is 0.220 e. The summed E-state index contributed by atoms with van der Waals surface area (Å²) in [5.41, 5.74) is 1.20. The van der Waals surface area contributed by atoms with Crippen molar-refractivity contribution < 1.29 is 4.79 Å². The third kappa shape index (κ3) is 4.95. The molecule has 1 heterocycles. The predicted octanol–water partition coefficient (Wildman–Crippen LogP) is 2.09. The van der Waals surface area contributed by atoms with E-state index in [0.717, 1.165) is 25.1 Å². The number of aromatic amines is 1. The minimum absolute atomic E-state index is 0.114. The second-order valence-corrected chi connectivity index (χ2v) is 4.47. The fourth-order valence-corrected chi connectivity index (χ4v) is 1.91. The number of hydrogen-bond donors (Lipinski definition) is 2. The van der Waals surface area contributed by atoms with E-state index in [1.807, 2.05) is 36.5 Å². The van der Waals surface area contributed by atoms with Gasteiger partial charge >= 0.3 is 0 Å². The van der Waals surface area contributed by atoms with Gasteiger partial charge < -0.3 is 10.3 Å². The molecule has 0 bridgehead atoms. The Balaban J connectivity index is 1.57. The molecule has 0 aliphatic heterocycles. The van der Waals surface area contributed by atoms with Crippen molar-refractivity contribution in [2.45, 2.75) is 25.7 Å². The van der Waals surface area contributed by atoms with E-state index in [4.69, 9.17) is 0 Å². The highest BCUT2D eigenvalue weighted by Crippen LogP contribution is 2.02. The maximum absolute atomic E-state index is 11.6. The van der Waals surface area contributed by atoms with Crippen LogP contribution in [0, 0.1) is 0 Å². The van der Waals surface area contributed by atoms with Crippen molar-refractivity contribution in [1.29, 1.82) is 0 Å². The zero-order chi connectivity index (χ0) is 13.3. The number of amides is 1. The molecule has 2 aromatic rings. The molecule has 1 amide bonds. The molecule has 0 saturated heterocycles. The molecule has 0 aliphatic rings. The molecule has 19 heavy (non-hydrogen) atoms. The minimum Gasteiger partial charge on any atom is -0.356 e. The third-order valence-electron chi connectivity index (χ3n) is 2.95. The Labute approximate surface area is 113 Å². The lowest BCUT2D eigenvalue weighted by Gasteiger charge is -2.04. The van der Waals surface area contributed by atoms with Gasteiger partial charge in [0.15, 0.2) is 0 Å². The van der Waals surface area contributed by atoms with Crippen molar-refractivity contribution in [3.63, 3.8) is 0 Å². The molecule has 2 rings (SSSR count). The normalized spacial score (nSPS) is 10.3. The summed E-state index contributed by atoms with van der Waals surface area (Å²) >= 11 is 0. The lowest BCUT2D eigenvalue weighted by molar-refractivity contribution is -0.121. The summed E-state index contributed by atoms with van der Waals surface area (Å²) in [5, 5.41) is 2.93. The van der Waals surface area contributed by atoms with Gasteiger partial charge in [-0.1, -0.05) is 30.3 Å². The SMILES string of the molecule is O=C(CCc1ccccc1)NCCCc1ncc[nH]1. The van der Waals surface area contributed by atoms with Crippen LogP contribution in [0.15, 0.2) is 42.7 Å². The average molecular weight is 257 g/mol. The molecule has 2 N–H and O–H groups in total. The van der Waals surface area contributed by atoms with Crippen LogP contribution >= 0.6 is 0 Å². The van der Waals surface area contributed by atoms with Gasteiger partial charge in [0.05, 0.1) is 0 Å². The van der Waals surface area contributed by atoms with Crippen LogP contribution in [0.25, 0.3) is 0 Å². The number of benzene rings is 1. The quantitative estimate of drug-likeness (QED) is 0.746. The summed E-state index contributed by atoms with van der Waals surface area (Å²) in [7, 11) is 0. The number of rotatable bonds is 7. The Morgan fingerprint density at radius 1 is 1.21 bits per heavy atom. The zero-order valence-corrected chi connectivity index (χ0v) is 10.9. The molecule has 100 valence electrons. The number of hydrogen-bond acceptors (Lipinski definition) is 2. The highest BCUT2D eigenvalue weighted by molar-refractivity contribution is 5.76. The van der Waals surface area contributed by atoms with Crippen molar-refractivity contribution in [2.75, 3.05) is 6.54 Å². The number of nitrogens with one attached hydrogen (secondary N) is 2. The first-order chi connectivity index (χ1) is 9.34. The average Bonchev–Trinajstić information content (AvgIpc) is 2.96. The lowest BCUT2D eigenvalue weighted by Crippen LogP contribution is -2.25. The number of imidazole rings is 1. The summed E-state index contributed by atoms with van der Waals surface area (Å²) < 4.78 is 0. The number of nitrogens with zero attached hydrogens (tertiary/aromatic N) is 1. The molecule has 1 aromatic carbocycles. The fourth-order valence-electron chi connectivity index (χ4n) is 1.91. The Kier molecular flexibility index (Phi) is 5.17. The van der Waals surface area contributed by atoms with E-state index < -0.39 is 0 Å². The van der Waals surface area contributed by atoms with Gasteiger partial charge in [-0.05, 0) is 18.4 Å². The molecule has 0 spiro atoms. The standard InChI is InChI=1S/C15H19N3O/c19-15(9-8-13-5-2-1-3-6-13)18-10-4-7-14-16-11-12-17-14/h1-3,5-6,11-12H,4,7-10H2,(H,16,17)(H,18,19). The highest BCUT2D eigenvalue weighted by atomic mass is 16.1. The van der Waals surface area contributed by atoms with Crippen molar-refractivity contribution in [1.82, 2.24) is 15.3 Å². The van der Waals surface area contributed by atoms with Gasteiger partial charge in [-0.3, -0.25) is 4.79 Å². The Morgan fingerprint density at radius 2 is 2.05 bits per heavy atom. The number of aromatic nitrogens is 2. The highest BCUT2D eigenvalue weighted by Gasteiger charge is 2.02. The van der Waals surface area contributed by atoms with Crippen molar-refractivity contribution in [3.05, 3.63) is 54.1 Å². The molecule has 0 atom stereocenters. The van der Waals surface area contributed by atoms with Crippen molar-refractivity contribution in [3.8, 4) is 0 Å². The Morgan fingerprint density at radius 3 is 2.79 bits per heavy atom. The van der Waals surface area contributed by atoms with E-state index in [9.17, 15) is 4.79 Å². The van der Waals surface area contributed by atoms with Crippen LogP contribution in [0.5, 0.6) is 0 Å². The van der Waals surface area contributed by atoms with Gasteiger partial charge in [-0.25, -0.2) is 4.98 Å². The van der Waals surface area contributed by atoms with Gasteiger partial charge in [-0.15, -0.1) is 0 Å². The molecule has 0 aliphatic carbocycles. The van der Waals surface area contributed by atoms with Gasteiger partial charge in [0.2, 0.25) is 5.91 Å². The van der Waals surface area contributed by atoms with Crippen LogP contribution < -0.4 is 5.32 Å². The fraction of sp³-hybridized carbons (Fsp3) is 0.333. The third-order valence-corrected chi connectivity index (χ3v) is 2.95. The van der Waals surface area contributed by atoms with E-state index >= 15 is 0 Å². The number of carbonyl (C=O) groups is 1. The second-order valence-electron chi connectivity index (χ2n) is 4.47. The first-order valence-electron chi connectivity index (χ1n) is 6.63. The topological polar surface area (TPSA) is 57.8 Å². The molecule has 0 saturated carbocycles. The largest absolute Gasteiger partial charge is 0.356 e. The number of aryl methyl sites for hydroxylation is 2. The van der Waals surface area contributed by atoms with Gasteiger partial charge in [-0.2, -0.15) is 0 Å². The number of H-pyrrole nitrogens is 1. The zero-order valence-electron chi connectivity index (χ0n) is 10.9. The van der Waals surface area contributed by atoms with Crippen LogP contribution in [-0.2, 0) is 17.6 Å². The molecular formula is C15H19N3O. The summed E-state index contributed by atoms with van der Waals surface area (Å²) in [6, 6.07) is 10.1. The second kappa shape index (κ2) is 7.36. The number of carbonyl (C=O) groups excluding carboxylic acids is 1. The van der Waals surface area contributed by atoms with Crippen molar-refractivity contribution in [2.24, 2.45) is 0 Å². The molecule has 4 nitrogen and oxygen atoms in total. The summed E-state index contributed by atoms with van der Waals surface area (Å²) in [6.07, 6.45) is 6.67. The van der Waals surface area contributed by atoms with E-state index in [1.54, 1.807) is 6.20 Å². The summed E-state index contributed by atoms with van der Waals surface area (Å²) in [4.78, 5) is 18.8. The van der Waals surface area contributed by atoms with E-state index in [-0.39, 0.29) is 5.91 Å². The van der Waals surface area contributed by atoms with E-state index in [1.165, 1.54) is 5.56 Å². The smallest absolute Gasteiger partial charge is 0.220 e. The maximum atomic E-state index is 11.6. The van der Waals surface area contributed by atoms with E-state index in [0.29, 0.717) is 13.0 Å². The van der Waals surface area contributed by atoms with Gasteiger partial charge in [0.1, 0.15) is 5.82 Å². The minimum atomic E-state index is 0.114. The first kappa shape index (κ1) is 13.3. The predicted molar refractivity (Wildman–Crippen MR) is 74.7 cm³/mol. The Hall–Kier alpha value is -2.10. The molecule has 1 aromatic heterocycles. The van der Waals surface area contributed by atoms with E-state index in [2.05, 4.69) is 15.3 Å². The van der Waals surface area contributed by atoms with Crippen LogP contribution in [0.3, 0.4) is 0 Å². The molecular weight excluding hydrogens is 238 g/mol. The van der Waals surface area contributed by atoms with Gasteiger partial charge in [0, 0.05) is 31.8 Å². The van der Waals surface area contributed by atoms with Crippen LogP contribution in [-0.4, -0.2) is 22.4 Å². The molecule has 0 unspecified atom stereocenters. The van der Waals surface area contributed by atoms with Crippen LogP contribution in [0.1, 0.15) is 24.2 Å². The van der Waals surface area contributed by atoms with Gasteiger partial charge in [0.25, 0.3) is 0 Å². The molecule has 0 radical (unpaired) electrons. The lowest BCUT2D eigenvalue weighted by atomic mass is 10.1. The first-order valence-corrected chi connectivity index (χ1v) is 6.63. The summed E-state index contributed by atoms with van der Waals surface area (Å²) in [6.45, 7) is 0.703. The molecule has 0 fully saturated rings. The summed E-state index contributed by atoms with van der Waals surface area (Å²) in [5.74, 6) is 1.09. The van der Waals surface area contributed by atoms with Crippen LogP contribution in [0.4, 0.5) is 0 Å². The van der Waals surface area contributed by atoms with Crippen molar-refractivity contribution >= 4 is 5.91 Å².